The molecule has 104 valence electrons. The molecule has 0 aromatic carbocycles. The molecule has 0 atom stereocenters. The van der Waals surface area contributed by atoms with E-state index in [1.807, 2.05) is 16.8 Å². The molecule has 1 saturated heterocycles. The van der Waals surface area contributed by atoms with Crippen LogP contribution in [0.25, 0.3) is 0 Å². The molecule has 0 bridgehead atoms. The van der Waals surface area contributed by atoms with Gasteiger partial charge in [0.25, 0.3) is 0 Å². The summed E-state index contributed by atoms with van der Waals surface area (Å²) in [5, 5.41) is 7.91. The Morgan fingerprint density at radius 3 is 2.95 bits per heavy atom. The molecular formula is C13H20N4OS. The van der Waals surface area contributed by atoms with E-state index in [-0.39, 0.29) is 5.91 Å². The van der Waals surface area contributed by atoms with Crippen LogP contribution in [0.5, 0.6) is 0 Å². The molecule has 2 rings (SSSR count). The standard InChI is InChI=1S/C13H20N4OS/c1-16-5-7-17(8-6-16)4-2-13(18)15-14-10-12-3-9-19-11-12/h3,9-11H,2,4-8H2,1H3,(H,15,18)/b14-10-. The van der Waals surface area contributed by atoms with Crippen molar-refractivity contribution >= 4 is 23.5 Å². The topological polar surface area (TPSA) is 47.9 Å². The fourth-order valence-corrected chi connectivity index (χ4v) is 2.53. The van der Waals surface area contributed by atoms with Gasteiger partial charge < -0.3 is 9.80 Å². The number of carbonyl (C=O) groups is 1. The molecule has 19 heavy (non-hydrogen) atoms. The molecule has 1 amide bonds. The van der Waals surface area contributed by atoms with Gasteiger partial charge in [0.15, 0.2) is 0 Å². The van der Waals surface area contributed by atoms with Crippen molar-refractivity contribution in [2.45, 2.75) is 6.42 Å². The molecule has 1 aromatic rings. The summed E-state index contributed by atoms with van der Waals surface area (Å²) in [4.78, 5) is 16.2. The van der Waals surface area contributed by atoms with E-state index in [0.717, 1.165) is 38.3 Å². The van der Waals surface area contributed by atoms with Crippen molar-refractivity contribution in [2.24, 2.45) is 5.10 Å². The van der Waals surface area contributed by atoms with Gasteiger partial charge in [-0.25, -0.2) is 5.43 Å². The van der Waals surface area contributed by atoms with Gasteiger partial charge in [-0.2, -0.15) is 16.4 Å². The van der Waals surface area contributed by atoms with Crippen LogP contribution in [0, 0.1) is 0 Å². The summed E-state index contributed by atoms with van der Waals surface area (Å²) in [5.74, 6) is -0.0228. The summed E-state index contributed by atoms with van der Waals surface area (Å²) in [5.41, 5.74) is 3.59. The zero-order valence-electron chi connectivity index (χ0n) is 11.2. The zero-order chi connectivity index (χ0) is 13.5. The predicted molar refractivity (Wildman–Crippen MR) is 78.6 cm³/mol. The lowest BCUT2D eigenvalue weighted by Crippen LogP contribution is -2.45. The van der Waals surface area contributed by atoms with Crippen LogP contribution in [-0.4, -0.2) is 61.7 Å². The van der Waals surface area contributed by atoms with Crippen molar-refractivity contribution in [1.29, 1.82) is 0 Å². The van der Waals surface area contributed by atoms with Gasteiger partial charge in [-0.1, -0.05) is 0 Å². The minimum absolute atomic E-state index is 0.0228. The first-order valence-electron chi connectivity index (χ1n) is 6.49. The molecule has 2 heterocycles. The highest BCUT2D eigenvalue weighted by atomic mass is 32.1. The van der Waals surface area contributed by atoms with Gasteiger partial charge in [0.2, 0.25) is 5.91 Å². The first kappa shape index (κ1) is 14.2. The quantitative estimate of drug-likeness (QED) is 0.642. The number of thiophene rings is 1. The summed E-state index contributed by atoms with van der Waals surface area (Å²) in [6.45, 7) is 5.06. The lowest BCUT2D eigenvalue weighted by atomic mass is 10.3. The number of hydrazone groups is 1. The van der Waals surface area contributed by atoms with E-state index >= 15 is 0 Å². The third-order valence-electron chi connectivity index (χ3n) is 3.20. The average molecular weight is 280 g/mol. The Kier molecular flexibility index (Phi) is 5.50. The normalized spacial score (nSPS) is 17.9. The van der Waals surface area contributed by atoms with Gasteiger partial charge in [-0.15, -0.1) is 0 Å². The Morgan fingerprint density at radius 2 is 2.26 bits per heavy atom. The highest BCUT2D eigenvalue weighted by Crippen LogP contribution is 2.02. The number of carbonyl (C=O) groups excluding carboxylic acids is 1. The van der Waals surface area contributed by atoms with E-state index in [9.17, 15) is 4.79 Å². The average Bonchev–Trinajstić information content (AvgIpc) is 2.91. The summed E-state index contributed by atoms with van der Waals surface area (Å²) < 4.78 is 0. The van der Waals surface area contributed by atoms with E-state index in [1.165, 1.54) is 0 Å². The van der Waals surface area contributed by atoms with Crippen molar-refractivity contribution < 1.29 is 4.79 Å². The number of rotatable bonds is 5. The van der Waals surface area contributed by atoms with Crippen molar-refractivity contribution in [2.75, 3.05) is 39.8 Å². The molecule has 6 heteroatoms. The van der Waals surface area contributed by atoms with Crippen LogP contribution >= 0.6 is 11.3 Å². The first-order chi connectivity index (χ1) is 9.24. The monoisotopic (exact) mass is 280 g/mol. The number of hydrogen-bond acceptors (Lipinski definition) is 5. The van der Waals surface area contributed by atoms with Gasteiger partial charge in [0.1, 0.15) is 0 Å². The second-order valence-corrected chi connectivity index (χ2v) is 5.52. The van der Waals surface area contributed by atoms with Crippen molar-refractivity contribution in [1.82, 2.24) is 15.2 Å². The third-order valence-corrected chi connectivity index (χ3v) is 3.90. The van der Waals surface area contributed by atoms with E-state index < -0.39 is 0 Å². The molecular weight excluding hydrogens is 260 g/mol. The van der Waals surface area contributed by atoms with Crippen molar-refractivity contribution in [3.05, 3.63) is 22.4 Å². The van der Waals surface area contributed by atoms with Gasteiger partial charge in [-0.3, -0.25) is 4.79 Å². The molecule has 1 aliphatic rings. The van der Waals surface area contributed by atoms with Crippen LogP contribution in [0.1, 0.15) is 12.0 Å². The lowest BCUT2D eigenvalue weighted by molar-refractivity contribution is -0.121. The Labute approximate surface area is 117 Å². The number of hydrogen-bond donors (Lipinski definition) is 1. The highest BCUT2D eigenvalue weighted by molar-refractivity contribution is 7.08. The van der Waals surface area contributed by atoms with Crippen LogP contribution in [0.4, 0.5) is 0 Å². The summed E-state index contributed by atoms with van der Waals surface area (Å²) >= 11 is 1.61. The van der Waals surface area contributed by atoms with E-state index in [0.29, 0.717) is 6.42 Å². The lowest BCUT2D eigenvalue weighted by Gasteiger charge is -2.32. The predicted octanol–water partition coefficient (Wildman–Crippen LogP) is 0.836. The maximum absolute atomic E-state index is 11.6. The van der Waals surface area contributed by atoms with Crippen LogP contribution in [0.2, 0.25) is 0 Å². The van der Waals surface area contributed by atoms with Crippen LogP contribution < -0.4 is 5.43 Å². The van der Waals surface area contributed by atoms with Crippen molar-refractivity contribution in [3.8, 4) is 0 Å². The molecule has 0 aliphatic carbocycles. The fraction of sp³-hybridized carbons (Fsp3) is 0.538. The molecule has 0 spiro atoms. The third kappa shape index (κ3) is 5.10. The van der Waals surface area contributed by atoms with Gasteiger partial charge >= 0.3 is 0 Å². The van der Waals surface area contributed by atoms with Crippen LogP contribution in [0.3, 0.4) is 0 Å². The SMILES string of the molecule is CN1CCN(CCC(=O)N/N=C\c2ccsc2)CC1. The number of likely N-dealkylation sites (N-methyl/N-ethyl adjacent to an activating group) is 1. The Bertz CT molecular complexity index is 410. The van der Waals surface area contributed by atoms with Crippen LogP contribution in [0.15, 0.2) is 21.9 Å². The van der Waals surface area contributed by atoms with Gasteiger partial charge in [0, 0.05) is 44.7 Å². The Hall–Kier alpha value is -1.24. The second kappa shape index (κ2) is 7.37. The molecule has 0 unspecified atom stereocenters. The maximum atomic E-state index is 11.6. The number of piperazine rings is 1. The summed E-state index contributed by atoms with van der Waals surface area (Å²) in [6.07, 6.45) is 2.18. The molecule has 1 aliphatic heterocycles. The minimum Gasteiger partial charge on any atom is -0.304 e. The fourth-order valence-electron chi connectivity index (χ4n) is 1.91. The Morgan fingerprint density at radius 1 is 1.47 bits per heavy atom. The number of amides is 1. The van der Waals surface area contributed by atoms with Crippen molar-refractivity contribution in [3.63, 3.8) is 0 Å². The molecule has 5 nitrogen and oxygen atoms in total. The Balaban J connectivity index is 1.62. The summed E-state index contributed by atoms with van der Waals surface area (Å²) in [7, 11) is 2.13. The smallest absolute Gasteiger partial charge is 0.241 e. The van der Waals surface area contributed by atoms with E-state index in [2.05, 4.69) is 27.4 Å². The number of nitrogens with zero attached hydrogens (tertiary/aromatic N) is 3. The van der Waals surface area contributed by atoms with Gasteiger partial charge in [-0.05, 0) is 23.9 Å². The molecule has 1 fully saturated rings. The first-order valence-corrected chi connectivity index (χ1v) is 7.43. The number of nitrogens with one attached hydrogen (secondary N) is 1. The molecule has 0 saturated carbocycles. The minimum atomic E-state index is -0.0228. The molecule has 1 N–H and O–H groups in total. The highest BCUT2D eigenvalue weighted by Gasteiger charge is 2.14. The summed E-state index contributed by atoms with van der Waals surface area (Å²) in [6, 6.07) is 1.96. The maximum Gasteiger partial charge on any atom is 0.241 e. The van der Waals surface area contributed by atoms with E-state index in [1.54, 1.807) is 17.6 Å². The van der Waals surface area contributed by atoms with Crippen LogP contribution in [-0.2, 0) is 4.79 Å². The van der Waals surface area contributed by atoms with E-state index in [4.69, 9.17) is 0 Å². The second-order valence-electron chi connectivity index (χ2n) is 4.74. The zero-order valence-corrected chi connectivity index (χ0v) is 12.0. The molecule has 1 aromatic heterocycles. The van der Waals surface area contributed by atoms with Gasteiger partial charge in [0.05, 0.1) is 6.21 Å². The molecule has 0 radical (unpaired) electrons. The largest absolute Gasteiger partial charge is 0.304 e.